The quantitative estimate of drug-likeness (QED) is 0.817. The van der Waals surface area contributed by atoms with Gasteiger partial charge in [-0.3, -0.25) is 14.2 Å². The normalized spacial score (nSPS) is 13.4. The van der Waals surface area contributed by atoms with E-state index in [0.29, 0.717) is 34.6 Å². The van der Waals surface area contributed by atoms with Gasteiger partial charge < -0.3 is 0 Å². The molecule has 1 amide bonds. The van der Waals surface area contributed by atoms with Crippen LogP contribution in [0.2, 0.25) is 0 Å². The number of carbonyl (C=O) groups is 2. The lowest BCUT2D eigenvalue weighted by atomic mass is 10.1. The Bertz CT molecular complexity index is 930. The molecule has 1 aliphatic heterocycles. The highest BCUT2D eigenvalue weighted by Gasteiger charge is 2.32. The molecule has 1 aliphatic rings. The Hall–Kier alpha value is -2.41. The molecule has 0 spiro atoms. The van der Waals surface area contributed by atoms with Gasteiger partial charge in [0.1, 0.15) is 15.9 Å². The Morgan fingerprint density at radius 1 is 1.04 bits per heavy atom. The highest BCUT2D eigenvalue weighted by molar-refractivity contribution is 8.14. The van der Waals surface area contributed by atoms with Crippen LogP contribution in [-0.2, 0) is 4.79 Å². The largest absolute Gasteiger partial charge is 0.274 e. The van der Waals surface area contributed by atoms with E-state index in [-0.39, 0.29) is 11.8 Å². The number of hydrogen-bond donors (Lipinski definition) is 0. The molecule has 0 fully saturated rings. The second-order valence-corrected chi connectivity index (χ2v) is 7.21. The molecule has 6 nitrogen and oxygen atoms in total. The van der Waals surface area contributed by atoms with E-state index < -0.39 is 0 Å². The van der Waals surface area contributed by atoms with E-state index in [9.17, 15) is 9.59 Å². The number of benzene rings is 1. The third kappa shape index (κ3) is 3.07. The standard InChI is InChI=1S/C19H22N4O2S/c1-6-15(24)22-13(5)20-17-19(22)26-18(21-23(17)16(25)7-2)14-9-8-11(3)12(4)10-14/h8-10H,6-7H2,1-5H3. The summed E-state index contributed by atoms with van der Waals surface area (Å²) >= 11 is 1.38. The van der Waals surface area contributed by atoms with Crippen LogP contribution in [0.3, 0.4) is 0 Å². The van der Waals surface area contributed by atoms with Crippen molar-refractivity contribution in [2.45, 2.75) is 52.5 Å². The zero-order chi connectivity index (χ0) is 19.0. The zero-order valence-corrected chi connectivity index (χ0v) is 16.5. The summed E-state index contributed by atoms with van der Waals surface area (Å²) in [4.78, 5) is 29.3. The van der Waals surface area contributed by atoms with Gasteiger partial charge in [-0.05, 0) is 49.7 Å². The number of hydrazone groups is 1. The molecule has 3 rings (SSSR count). The van der Waals surface area contributed by atoms with Crippen LogP contribution < -0.4 is 5.01 Å². The molecule has 1 aromatic carbocycles. The first-order chi connectivity index (χ1) is 12.4. The molecule has 7 heteroatoms. The van der Waals surface area contributed by atoms with E-state index >= 15 is 0 Å². The topological polar surface area (TPSA) is 67.6 Å². The second kappa shape index (κ2) is 7.07. The van der Waals surface area contributed by atoms with Crippen LogP contribution in [0.15, 0.2) is 28.3 Å². The van der Waals surface area contributed by atoms with Crippen LogP contribution in [0.4, 0.5) is 5.82 Å². The van der Waals surface area contributed by atoms with Crippen molar-refractivity contribution < 1.29 is 9.59 Å². The van der Waals surface area contributed by atoms with Crippen molar-refractivity contribution in [1.29, 1.82) is 0 Å². The number of nitrogens with zero attached hydrogens (tertiary/aromatic N) is 4. The fourth-order valence-corrected chi connectivity index (χ4v) is 3.84. The summed E-state index contributed by atoms with van der Waals surface area (Å²) in [5.41, 5.74) is 3.27. The van der Waals surface area contributed by atoms with E-state index in [0.717, 1.165) is 11.1 Å². The van der Waals surface area contributed by atoms with Gasteiger partial charge in [0, 0.05) is 18.4 Å². The molecule has 0 aliphatic carbocycles. The molecular formula is C19H22N4O2S. The molecule has 0 radical (unpaired) electrons. The fraction of sp³-hybridized carbons (Fsp3) is 0.368. The third-order valence-corrected chi connectivity index (χ3v) is 5.48. The van der Waals surface area contributed by atoms with E-state index in [2.05, 4.69) is 23.1 Å². The lowest BCUT2D eigenvalue weighted by molar-refractivity contribution is -0.118. The van der Waals surface area contributed by atoms with Crippen LogP contribution in [-0.4, -0.2) is 26.4 Å². The maximum Gasteiger partial charge on any atom is 0.248 e. The smallest absolute Gasteiger partial charge is 0.248 e. The molecule has 136 valence electrons. The molecule has 0 bridgehead atoms. The monoisotopic (exact) mass is 370 g/mol. The molecule has 0 saturated heterocycles. The van der Waals surface area contributed by atoms with Crippen LogP contribution >= 0.6 is 11.8 Å². The van der Waals surface area contributed by atoms with Crippen molar-refractivity contribution in [3.05, 3.63) is 40.7 Å². The SMILES string of the molecule is CCC(=O)N1N=C(c2ccc(C)c(C)c2)Sc2c1nc(C)n2C(=O)CC. The van der Waals surface area contributed by atoms with Gasteiger partial charge in [0.15, 0.2) is 5.82 Å². The van der Waals surface area contributed by atoms with Gasteiger partial charge in [-0.15, -0.1) is 0 Å². The number of thioether (sulfide) groups is 1. The highest BCUT2D eigenvalue weighted by Crippen LogP contribution is 2.38. The average Bonchev–Trinajstić information content (AvgIpc) is 2.97. The molecular weight excluding hydrogens is 348 g/mol. The summed E-state index contributed by atoms with van der Waals surface area (Å²) in [6, 6.07) is 6.08. The first-order valence-electron chi connectivity index (χ1n) is 8.66. The van der Waals surface area contributed by atoms with Crippen LogP contribution in [0.5, 0.6) is 0 Å². The summed E-state index contributed by atoms with van der Waals surface area (Å²) in [6.07, 6.45) is 0.670. The van der Waals surface area contributed by atoms with Crippen LogP contribution in [0, 0.1) is 20.8 Å². The first-order valence-corrected chi connectivity index (χ1v) is 9.48. The number of anilines is 1. The predicted octanol–water partition coefficient (Wildman–Crippen LogP) is 4.07. The van der Waals surface area contributed by atoms with E-state index in [1.165, 1.54) is 22.3 Å². The fourth-order valence-electron chi connectivity index (χ4n) is 2.74. The van der Waals surface area contributed by atoms with Crippen molar-refractivity contribution in [3.8, 4) is 0 Å². The second-order valence-electron chi connectivity index (χ2n) is 6.24. The summed E-state index contributed by atoms with van der Waals surface area (Å²) in [7, 11) is 0. The number of aromatic nitrogens is 2. The zero-order valence-electron chi connectivity index (χ0n) is 15.7. The molecule has 0 saturated carbocycles. The summed E-state index contributed by atoms with van der Waals surface area (Å²) < 4.78 is 1.59. The minimum absolute atomic E-state index is 0.0472. The van der Waals surface area contributed by atoms with Crippen molar-refractivity contribution >= 4 is 34.4 Å². The minimum atomic E-state index is -0.151. The van der Waals surface area contributed by atoms with Crippen molar-refractivity contribution in [2.24, 2.45) is 5.10 Å². The number of fused-ring (bicyclic) bond motifs is 1. The van der Waals surface area contributed by atoms with Gasteiger partial charge >= 0.3 is 0 Å². The Morgan fingerprint density at radius 2 is 1.73 bits per heavy atom. The summed E-state index contributed by atoms with van der Waals surface area (Å²) in [5, 5.41) is 7.23. The van der Waals surface area contributed by atoms with Gasteiger partial charge in [-0.2, -0.15) is 10.1 Å². The molecule has 26 heavy (non-hydrogen) atoms. The van der Waals surface area contributed by atoms with Gasteiger partial charge in [-0.1, -0.05) is 26.0 Å². The number of imidazole rings is 1. The van der Waals surface area contributed by atoms with Gasteiger partial charge in [-0.25, -0.2) is 4.98 Å². The van der Waals surface area contributed by atoms with E-state index in [1.807, 2.05) is 26.0 Å². The number of amides is 1. The third-order valence-electron chi connectivity index (χ3n) is 4.41. The number of hydrogen-bond acceptors (Lipinski definition) is 5. The van der Waals surface area contributed by atoms with E-state index in [1.54, 1.807) is 18.4 Å². The maximum atomic E-state index is 12.5. The Balaban J connectivity index is 2.15. The summed E-state index contributed by atoms with van der Waals surface area (Å²) in [5.74, 6) is 0.809. The van der Waals surface area contributed by atoms with E-state index in [4.69, 9.17) is 0 Å². The molecule has 2 heterocycles. The van der Waals surface area contributed by atoms with Crippen LogP contribution in [0.1, 0.15) is 54.0 Å². The van der Waals surface area contributed by atoms with Gasteiger partial charge in [0.2, 0.25) is 11.8 Å². The van der Waals surface area contributed by atoms with Gasteiger partial charge in [0.25, 0.3) is 0 Å². The van der Waals surface area contributed by atoms with Crippen molar-refractivity contribution in [2.75, 3.05) is 5.01 Å². The van der Waals surface area contributed by atoms with Crippen LogP contribution in [0.25, 0.3) is 0 Å². The number of rotatable bonds is 3. The lowest BCUT2D eigenvalue weighted by Crippen LogP contribution is -2.29. The average molecular weight is 370 g/mol. The first kappa shape index (κ1) is 18.4. The predicted molar refractivity (Wildman–Crippen MR) is 104 cm³/mol. The Kier molecular flexibility index (Phi) is 5.00. The van der Waals surface area contributed by atoms with Crippen molar-refractivity contribution in [1.82, 2.24) is 9.55 Å². The highest BCUT2D eigenvalue weighted by atomic mass is 32.2. The number of aryl methyl sites for hydroxylation is 3. The molecule has 1 aromatic heterocycles. The molecule has 0 N–H and O–H groups in total. The Labute approximate surface area is 157 Å². The summed E-state index contributed by atoms with van der Waals surface area (Å²) in [6.45, 7) is 9.47. The van der Waals surface area contributed by atoms with Crippen molar-refractivity contribution in [3.63, 3.8) is 0 Å². The Morgan fingerprint density at radius 3 is 2.35 bits per heavy atom. The number of carbonyl (C=O) groups excluding carboxylic acids is 2. The minimum Gasteiger partial charge on any atom is -0.274 e. The lowest BCUT2D eigenvalue weighted by Gasteiger charge is -2.23. The molecule has 2 aromatic rings. The molecule has 0 unspecified atom stereocenters. The van der Waals surface area contributed by atoms with Gasteiger partial charge in [0.05, 0.1) is 0 Å². The maximum absolute atomic E-state index is 12.5. The molecule has 0 atom stereocenters.